The normalized spacial score (nSPS) is 10.6. The zero-order chi connectivity index (χ0) is 19.6. The van der Waals surface area contributed by atoms with E-state index in [-0.39, 0.29) is 12.5 Å². The SMILES string of the molecule is COc1cc(C=CC(=O)O)c(Br)cc1OCC(=O)NCCc1ccccc1. The van der Waals surface area contributed by atoms with Gasteiger partial charge >= 0.3 is 5.97 Å². The first-order chi connectivity index (χ1) is 13.0. The highest BCUT2D eigenvalue weighted by Crippen LogP contribution is 2.34. The van der Waals surface area contributed by atoms with E-state index in [1.165, 1.54) is 13.2 Å². The third-order valence-corrected chi connectivity index (χ3v) is 4.31. The van der Waals surface area contributed by atoms with Crippen LogP contribution >= 0.6 is 15.9 Å². The van der Waals surface area contributed by atoms with Crippen molar-refractivity contribution >= 4 is 33.9 Å². The maximum Gasteiger partial charge on any atom is 0.328 e. The number of carboxylic acids is 1. The van der Waals surface area contributed by atoms with Gasteiger partial charge in [0.1, 0.15) is 0 Å². The molecule has 1 amide bonds. The van der Waals surface area contributed by atoms with Gasteiger partial charge in [0.2, 0.25) is 0 Å². The first kappa shape index (κ1) is 20.5. The molecule has 0 fully saturated rings. The van der Waals surface area contributed by atoms with Crippen molar-refractivity contribution in [2.24, 2.45) is 0 Å². The molecule has 0 saturated heterocycles. The van der Waals surface area contributed by atoms with E-state index in [9.17, 15) is 9.59 Å². The average molecular weight is 434 g/mol. The molecule has 2 rings (SSSR count). The van der Waals surface area contributed by atoms with Crippen LogP contribution in [0.2, 0.25) is 0 Å². The Balaban J connectivity index is 1.91. The molecular weight excluding hydrogens is 414 g/mol. The molecule has 0 radical (unpaired) electrons. The fraction of sp³-hybridized carbons (Fsp3) is 0.200. The van der Waals surface area contributed by atoms with Crippen molar-refractivity contribution in [2.75, 3.05) is 20.3 Å². The molecular formula is C20H20BrNO5. The minimum Gasteiger partial charge on any atom is -0.493 e. The van der Waals surface area contributed by atoms with Crippen LogP contribution < -0.4 is 14.8 Å². The molecule has 2 N–H and O–H groups in total. The van der Waals surface area contributed by atoms with Crippen LogP contribution in [0, 0.1) is 0 Å². The van der Waals surface area contributed by atoms with Gasteiger partial charge in [-0.15, -0.1) is 0 Å². The van der Waals surface area contributed by atoms with Gasteiger partial charge in [0.25, 0.3) is 5.91 Å². The fourth-order valence-corrected chi connectivity index (χ4v) is 2.75. The highest BCUT2D eigenvalue weighted by atomic mass is 79.9. The Bertz CT molecular complexity index is 821. The number of aliphatic carboxylic acids is 1. The Morgan fingerprint density at radius 1 is 1.19 bits per heavy atom. The maximum atomic E-state index is 12.0. The second kappa shape index (κ2) is 10.4. The molecule has 0 aliphatic heterocycles. The molecule has 0 heterocycles. The summed E-state index contributed by atoms with van der Waals surface area (Å²) in [6.45, 7) is 0.369. The molecule has 0 saturated carbocycles. The molecule has 2 aromatic rings. The van der Waals surface area contributed by atoms with Gasteiger partial charge in [-0.2, -0.15) is 0 Å². The van der Waals surface area contributed by atoms with Crippen molar-refractivity contribution in [3.05, 3.63) is 64.1 Å². The summed E-state index contributed by atoms with van der Waals surface area (Å²) in [6.07, 6.45) is 3.21. The van der Waals surface area contributed by atoms with Crippen molar-refractivity contribution in [3.63, 3.8) is 0 Å². The zero-order valence-electron chi connectivity index (χ0n) is 14.8. The van der Waals surface area contributed by atoms with Gasteiger partial charge in [-0.1, -0.05) is 46.3 Å². The van der Waals surface area contributed by atoms with Crippen LogP contribution in [-0.4, -0.2) is 37.2 Å². The highest BCUT2D eigenvalue weighted by molar-refractivity contribution is 9.10. The third kappa shape index (κ3) is 6.79. The molecule has 7 heteroatoms. The number of methoxy groups -OCH3 is 1. The van der Waals surface area contributed by atoms with Crippen molar-refractivity contribution in [3.8, 4) is 11.5 Å². The quantitative estimate of drug-likeness (QED) is 0.592. The van der Waals surface area contributed by atoms with Crippen molar-refractivity contribution in [1.82, 2.24) is 5.32 Å². The summed E-state index contributed by atoms with van der Waals surface area (Å²) in [7, 11) is 1.47. The summed E-state index contributed by atoms with van der Waals surface area (Å²) in [6, 6.07) is 13.1. The first-order valence-electron chi connectivity index (χ1n) is 8.21. The number of carboxylic acid groups (broad SMARTS) is 1. The van der Waals surface area contributed by atoms with Crippen molar-refractivity contribution in [2.45, 2.75) is 6.42 Å². The maximum absolute atomic E-state index is 12.0. The van der Waals surface area contributed by atoms with Crippen LogP contribution in [0.4, 0.5) is 0 Å². The lowest BCUT2D eigenvalue weighted by Crippen LogP contribution is -2.30. The Morgan fingerprint density at radius 2 is 1.93 bits per heavy atom. The Kier molecular flexibility index (Phi) is 7.88. The Morgan fingerprint density at radius 3 is 2.59 bits per heavy atom. The average Bonchev–Trinajstić information content (AvgIpc) is 2.66. The zero-order valence-corrected chi connectivity index (χ0v) is 16.4. The molecule has 0 aliphatic rings. The molecule has 0 aliphatic carbocycles. The number of carbonyl (C=O) groups excluding carboxylic acids is 1. The summed E-state index contributed by atoms with van der Waals surface area (Å²) in [4.78, 5) is 22.6. The van der Waals surface area contributed by atoms with Gasteiger partial charge in [-0.05, 0) is 35.8 Å². The van der Waals surface area contributed by atoms with E-state index in [4.69, 9.17) is 14.6 Å². The number of nitrogens with one attached hydrogen (secondary N) is 1. The Hall–Kier alpha value is -2.80. The molecule has 0 unspecified atom stereocenters. The number of hydrogen-bond acceptors (Lipinski definition) is 4. The van der Waals surface area contributed by atoms with E-state index in [1.807, 2.05) is 30.3 Å². The number of ether oxygens (including phenoxy) is 2. The summed E-state index contributed by atoms with van der Waals surface area (Å²) < 4.78 is 11.4. The minimum atomic E-state index is -1.05. The van der Waals surface area contributed by atoms with Crippen LogP contribution in [0.5, 0.6) is 11.5 Å². The van der Waals surface area contributed by atoms with E-state index < -0.39 is 5.97 Å². The van der Waals surface area contributed by atoms with Crippen LogP contribution in [-0.2, 0) is 16.0 Å². The predicted octanol–water partition coefficient (Wildman–Crippen LogP) is 3.29. The summed E-state index contributed by atoms with van der Waals surface area (Å²) in [5, 5.41) is 11.5. The van der Waals surface area contributed by atoms with Crippen LogP contribution in [0.3, 0.4) is 0 Å². The molecule has 2 aromatic carbocycles. The number of hydrogen-bond donors (Lipinski definition) is 2. The Labute approximate surface area is 165 Å². The topological polar surface area (TPSA) is 84.9 Å². The van der Waals surface area contributed by atoms with E-state index in [2.05, 4.69) is 21.2 Å². The van der Waals surface area contributed by atoms with Gasteiger partial charge in [-0.3, -0.25) is 4.79 Å². The fourth-order valence-electron chi connectivity index (χ4n) is 2.30. The van der Waals surface area contributed by atoms with Crippen LogP contribution in [0.15, 0.2) is 53.0 Å². The summed E-state index contributed by atoms with van der Waals surface area (Å²) in [5.41, 5.74) is 1.77. The van der Waals surface area contributed by atoms with Gasteiger partial charge < -0.3 is 19.9 Å². The number of rotatable bonds is 9. The molecule has 0 atom stereocenters. The standard InChI is InChI=1S/C20H20BrNO5/c1-26-17-11-15(7-8-20(24)25)16(21)12-18(17)27-13-19(23)22-10-9-14-5-3-2-4-6-14/h2-8,11-12H,9-10,13H2,1H3,(H,22,23)(H,24,25). The number of carbonyl (C=O) groups is 2. The van der Waals surface area contributed by atoms with E-state index in [0.717, 1.165) is 18.1 Å². The van der Waals surface area contributed by atoms with E-state index in [1.54, 1.807) is 12.1 Å². The lowest BCUT2D eigenvalue weighted by molar-refractivity contribution is -0.131. The lowest BCUT2D eigenvalue weighted by atomic mass is 10.1. The van der Waals surface area contributed by atoms with Crippen LogP contribution in [0.25, 0.3) is 6.08 Å². The molecule has 0 bridgehead atoms. The lowest BCUT2D eigenvalue weighted by Gasteiger charge is -2.13. The molecule has 142 valence electrons. The second-order valence-electron chi connectivity index (χ2n) is 5.57. The molecule has 6 nitrogen and oxygen atoms in total. The van der Waals surface area contributed by atoms with Crippen molar-refractivity contribution < 1.29 is 24.2 Å². The minimum absolute atomic E-state index is 0.151. The summed E-state index contributed by atoms with van der Waals surface area (Å²) in [5.74, 6) is -0.497. The second-order valence-corrected chi connectivity index (χ2v) is 6.42. The van der Waals surface area contributed by atoms with Crippen molar-refractivity contribution in [1.29, 1.82) is 0 Å². The number of halogens is 1. The monoisotopic (exact) mass is 433 g/mol. The number of amides is 1. The largest absolute Gasteiger partial charge is 0.493 e. The first-order valence-corrected chi connectivity index (χ1v) is 9.01. The van der Waals surface area contributed by atoms with Gasteiger partial charge in [-0.25, -0.2) is 4.79 Å². The molecule has 0 aromatic heterocycles. The molecule has 27 heavy (non-hydrogen) atoms. The van der Waals surface area contributed by atoms with Crippen LogP contribution in [0.1, 0.15) is 11.1 Å². The van der Waals surface area contributed by atoms with E-state index >= 15 is 0 Å². The predicted molar refractivity (Wildman–Crippen MR) is 106 cm³/mol. The number of benzene rings is 2. The summed E-state index contributed by atoms with van der Waals surface area (Å²) >= 11 is 3.36. The smallest absolute Gasteiger partial charge is 0.328 e. The molecule has 0 spiro atoms. The van der Waals surface area contributed by atoms with E-state index in [0.29, 0.717) is 28.1 Å². The van der Waals surface area contributed by atoms with Gasteiger partial charge in [0.05, 0.1) is 7.11 Å². The third-order valence-electron chi connectivity index (χ3n) is 3.63. The van der Waals surface area contributed by atoms with Gasteiger partial charge in [0.15, 0.2) is 18.1 Å². The highest BCUT2D eigenvalue weighted by Gasteiger charge is 2.11. The van der Waals surface area contributed by atoms with Gasteiger partial charge in [0, 0.05) is 17.1 Å².